The first-order valence-electron chi connectivity index (χ1n) is 7.90. The summed E-state index contributed by atoms with van der Waals surface area (Å²) >= 11 is 0. The predicted octanol–water partition coefficient (Wildman–Crippen LogP) is 2.05. The number of urea groups is 2. The second-order valence-electron chi connectivity index (χ2n) is 6.60. The SMILES string of the molecule is C[C@H]1[C@H]2[C@H](N(C)C(=O)N(C)[C@@H]2c2ccccc2)N(C)C(=O)N1C. The molecular formula is C17H24N4O2. The normalized spacial score (nSPS) is 31.5. The number of hydrogen-bond acceptors (Lipinski definition) is 2. The molecule has 2 aliphatic rings. The van der Waals surface area contributed by atoms with E-state index in [4.69, 9.17) is 0 Å². The summed E-state index contributed by atoms with van der Waals surface area (Å²) < 4.78 is 0. The number of fused-ring (bicyclic) bond motifs is 1. The van der Waals surface area contributed by atoms with Gasteiger partial charge < -0.3 is 19.6 Å². The van der Waals surface area contributed by atoms with Crippen molar-refractivity contribution in [3.8, 4) is 0 Å². The molecule has 2 heterocycles. The number of hydrogen-bond donors (Lipinski definition) is 0. The topological polar surface area (TPSA) is 47.1 Å². The average molecular weight is 316 g/mol. The van der Waals surface area contributed by atoms with Crippen LogP contribution in [0.5, 0.6) is 0 Å². The van der Waals surface area contributed by atoms with Crippen LogP contribution in [0.25, 0.3) is 0 Å². The molecule has 0 aromatic heterocycles. The maximum Gasteiger partial charge on any atom is 0.321 e. The minimum Gasteiger partial charge on any atom is -0.324 e. The second-order valence-corrected chi connectivity index (χ2v) is 6.60. The third-order valence-corrected chi connectivity index (χ3v) is 5.44. The Labute approximate surface area is 137 Å². The van der Waals surface area contributed by atoms with E-state index in [9.17, 15) is 9.59 Å². The first kappa shape index (κ1) is 15.6. The Hall–Kier alpha value is -2.24. The van der Waals surface area contributed by atoms with Gasteiger partial charge in [0.1, 0.15) is 6.17 Å². The molecule has 2 saturated heterocycles. The first-order valence-corrected chi connectivity index (χ1v) is 7.90. The van der Waals surface area contributed by atoms with Crippen molar-refractivity contribution < 1.29 is 9.59 Å². The van der Waals surface area contributed by atoms with E-state index in [1.807, 2.05) is 32.3 Å². The predicted molar refractivity (Wildman–Crippen MR) is 87.8 cm³/mol. The van der Waals surface area contributed by atoms with Gasteiger partial charge in [-0.1, -0.05) is 30.3 Å². The molecule has 0 N–H and O–H groups in total. The van der Waals surface area contributed by atoms with Gasteiger partial charge in [-0.05, 0) is 12.5 Å². The molecule has 3 rings (SSSR count). The molecule has 1 aromatic rings. The van der Waals surface area contributed by atoms with Crippen LogP contribution in [0.2, 0.25) is 0 Å². The van der Waals surface area contributed by atoms with Crippen LogP contribution in [0.1, 0.15) is 18.5 Å². The number of carbonyl (C=O) groups is 2. The van der Waals surface area contributed by atoms with Crippen LogP contribution in [0, 0.1) is 5.92 Å². The Kier molecular flexibility index (Phi) is 3.70. The Morgan fingerprint density at radius 1 is 0.783 bits per heavy atom. The molecular weight excluding hydrogens is 292 g/mol. The Balaban J connectivity index is 2.11. The van der Waals surface area contributed by atoms with Gasteiger partial charge in [0.2, 0.25) is 0 Å². The molecule has 6 nitrogen and oxygen atoms in total. The maximum atomic E-state index is 12.7. The van der Waals surface area contributed by atoms with Gasteiger partial charge in [-0.15, -0.1) is 0 Å². The van der Waals surface area contributed by atoms with Crippen molar-refractivity contribution in [3.05, 3.63) is 35.9 Å². The summed E-state index contributed by atoms with van der Waals surface area (Å²) in [5.41, 5.74) is 1.11. The van der Waals surface area contributed by atoms with Gasteiger partial charge in [0, 0.05) is 40.2 Å². The van der Waals surface area contributed by atoms with Gasteiger partial charge in [0.25, 0.3) is 0 Å². The zero-order chi connectivity index (χ0) is 16.9. The lowest BCUT2D eigenvalue weighted by Crippen LogP contribution is -2.71. The summed E-state index contributed by atoms with van der Waals surface area (Å²) in [4.78, 5) is 32.1. The number of benzene rings is 1. The Morgan fingerprint density at radius 3 is 1.87 bits per heavy atom. The zero-order valence-corrected chi connectivity index (χ0v) is 14.3. The van der Waals surface area contributed by atoms with Gasteiger partial charge in [0.15, 0.2) is 0 Å². The summed E-state index contributed by atoms with van der Waals surface area (Å²) in [5.74, 6) is 0.109. The van der Waals surface area contributed by atoms with Gasteiger partial charge >= 0.3 is 12.1 Å². The standard InChI is InChI=1S/C17H24N4O2/c1-11-13-14(12-9-7-6-8-10-12)19(3)17(23)21(5)15(13)20(4)16(22)18(11)2/h6-11,13-15H,1-5H3/t11-,13+,14+,15-/m0/s1. The molecule has 2 fully saturated rings. The molecule has 4 amide bonds. The van der Waals surface area contributed by atoms with Crippen molar-refractivity contribution in [3.63, 3.8) is 0 Å². The van der Waals surface area contributed by atoms with E-state index in [0.717, 1.165) is 5.56 Å². The highest BCUT2D eigenvalue weighted by molar-refractivity contribution is 5.80. The molecule has 0 radical (unpaired) electrons. The van der Waals surface area contributed by atoms with Crippen molar-refractivity contribution in [1.29, 1.82) is 0 Å². The third kappa shape index (κ3) is 2.16. The average Bonchev–Trinajstić information content (AvgIpc) is 2.56. The van der Waals surface area contributed by atoms with E-state index >= 15 is 0 Å². The van der Waals surface area contributed by atoms with Crippen LogP contribution in [0.4, 0.5) is 9.59 Å². The molecule has 0 unspecified atom stereocenters. The third-order valence-electron chi connectivity index (χ3n) is 5.44. The van der Waals surface area contributed by atoms with Crippen LogP contribution in [-0.2, 0) is 0 Å². The van der Waals surface area contributed by atoms with Crippen LogP contribution in [0.15, 0.2) is 30.3 Å². The molecule has 0 bridgehead atoms. The minimum absolute atomic E-state index is 0.0342. The van der Waals surface area contributed by atoms with Gasteiger partial charge in [-0.25, -0.2) is 9.59 Å². The minimum atomic E-state index is -0.234. The molecule has 0 spiro atoms. The first-order chi connectivity index (χ1) is 10.9. The maximum absolute atomic E-state index is 12.7. The number of carbonyl (C=O) groups excluding carboxylic acids is 2. The molecule has 6 heteroatoms. The van der Waals surface area contributed by atoms with Crippen molar-refractivity contribution in [2.24, 2.45) is 5.92 Å². The lowest BCUT2D eigenvalue weighted by Gasteiger charge is -2.57. The molecule has 0 aliphatic carbocycles. The fourth-order valence-electron chi connectivity index (χ4n) is 4.08. The van der Waals surface area contributed by atoms with Crippen LogP contribution < -0.4 is 0 Å². The van der Waals surface area contributed by atoms with Crippen molar-refractivity contribution >= 4 is 12.1 Å². The van der Waals surface area contributed by atoms with E-state index in [1.165, 1.54) is 0 Å². The van der Waals surface area contributed by atoms with E-state index in [2.05, 4.69) is 19.1 Å². The molecule has 0 saturated carbocycles. The second kappa shape index (κ2) is 5.44. The Bertz CT molecular complexity index is 616. The van der Waals surface area contributed by atoms with E-state index in [1.54, 1.807) is 33.7 Å². The largest absolute Gasteiger partial charge is 0.324 e. The monoisotopic (exact) mass is 316 g/mol. The Morgan fingerprint density at radius 2 is 1.30 bits per heavy atom. The summed E-state index contributed by atoms with van der Waals surface area (Å²) in [6.07, 6.45) is -0.234. The van der Waals surface area contributed by atoms with Crippen molar-refractivity contribution in [1.82, 2.24) is 19.6 Å². The van der Waals surface area contributed by atoms with Crippen molar-refractivity contribution in [2.75, 3.05) is 28.2 Å². The van der Waals surface area contributed by atoms with E-state index in [-0.39, 0.29) is 36.2 Å². The number of amides is 4. The van der Waals surface area contributed by atoms with Gasteiger partial charge in [-0.3, -0.25) is 0 Å². The molecule has 124 valence electrons. The summed E-state index contributed by atoms with van der Waals surface area (Å²) in [6.45, 7) is 2.07. The number of rotatable bonds is 1. The summed E-state index contributed by atoms with van der Waals surface area (Å²) in [7, 11) is 7.23. The van der Waals surface area contributed by atoms with Crippen molar-refractivity contribution in [2.45, 2.75) is 25.2 Å². The highest BCUT2D eigenvalue weighted by atomic mass is 16.2. The summed E-state index contributed by atoms with van der Waals surface area (Å²) in [5, 5.41) is 0. The lowest BCUT2D eigenvalue weighted by atomic mass is 9.80. The fraction of sp³-hybridized carbons (Fsp3) is 0.529. The van der Waals surface area contributed by atoms with Crippen LogP contribution >= 0.6 is 0 Å². The van der Waals surface area contributed by atoms with E-state index in [0.29, 0.717) is 0 Å². The summed E-state index contributed by atoms with van der Waals surface area (Å²) in [6, 6.07) is 9.94. The van der Waals surface area contributed by atoms with Crippen LogP contribution in [-0.4, -0.2) is 72.1 Å². The van der Waals surface area contributed by atoms with Crippen LogP contribution in [0.3, 0.4) is 0 Å². The highest BCUT2D eigenvalue weighted by Gasteiger charge is 2.53. The molecule has 4 atom stereocenters. The lowest BCUT2D eigenvalue weighted by molar-refractivity contribution is -0.0652. The number of nitrogens with zero attached hydrogens (tertiary/aromatic N) is 4. The molecule has 1 aromatic carbocycles. The van der Waals surface area contributed by atoms with E-state index < -0.39 is 0 Å². The van der Waals surface area contributed by atoms with Gasteiger partial charge in [0.05, 0.1) is 6.04 Å². The fourth-order valence-corrected chi connectivity index (χ4v) is 4.08. The molecule has 2 aliphatic heterocycles. The quantitative estimate of drug-likeness (QED) is 0.796. The van der Waals surface area contributed by atoms with Gasteiger partial charge in [-0.2, -0.15) is 0 Å². The zero-order valence-electron chi connectivity index (χ0n) is 14.3. The molecule has 23 heavy (non-hydrogen) atoms. The smallest absolute Gasteiger partial charge is 0.321 e. The highest BCUT2D eigenvalue weighted by Crippen LogP contribution is 2.43.